The van der Waals surface area contributed by atoms with E-state index in [4.69, 9.17) is 4.74 Å². The number of carbonyl (C=O) groups is 2. The second kappa shape index (κ2) is 7.13. The Hall–Kier alpha value is -2.56. The second-order valence-electron chi connectivity index (χ2n) is 5.58. The number of ether oxygens (including phenoxy) is 1. The number of amides is 1. The van der Waals surface area contributed by atoms with Crippen molar-refractivity contribution in [3.63, 3.8) is 0 Å². The van der Waals surface area contributed by atoms with Gasteiger partial charge in [0.25, 0.3) is 0 Å². The molecule has 0 saturated heterocycles. The summed E-state index contributed by atoms with van der Waals surface area (Å²) in [6.07, 6.45) is 4.25. The third-order valence-corrected chi connectivity index (χ3v) is 3.89. The minimum Gasteiger partial charge on any atom is -0.469 e. The van der Waals surface area contributed by atoms with Crippen LogP contribution in [0.25, 0.3) is 17.0 Å². The third kappa shape index (κ3) is 3.62. The maximum atomic E-state index is 11.8. The zero-order chi connectivity index (χ0) is 17.0. The van der Waals surface area contributed by atoms with Crippen molar-refractivity contribution in [2.24, 2.45) is 7.05 Å². The first-order chi connectivity index (χ1) is 11.0. The van der Waals surface area contributed by atoms with E-state index in [-0.39, 0.29) is 11.9 Å². The Balaban J connectivity index is 2.46. The number of methoxy groups -OCH3 is 1. The lowest BCUT2D eigenvalue weighted by Crippen LogP contribution is -2.18. The summed E-state index contributed by atoms with van der Waals surface area (Å²) >= 11 is 0. The Bertz CT molecular complexity index is 757. The zero-order valence-corrected chi connectivity index (χ0v) is 14.0. The molecule has 1 heterocycles. The summed E-state index contributed by atoms with van der Waals surface area (Å²) in [6.45, 7) is 0. The maximum Gasteiger partial charge on any atom is 0.305 e. The summed E-state index contributed by atoms with van der Waals surface area (Å²) in [5, 5.41) is 1.09. The fourth-order valence-electron chi connectivity index (χ4n) is 2.60. The van der Waals surface area contributed by atoms with E-state index in [0.29, 0.717) is 12.8 Å². The number of esters is 1. The van der Waals surface area contributed by atoms with Crippen molar-refractivity contribution in [3.8, 4) is 0 Å². The van der Waals surface area contributed by atoms with Gasteiger partial charge in [-0.2, -0.15) is 0 Å². The maximum absolute atomic E-state index is 11.8. The van der Waals surface area contributed by atoms with Gasteiger partial charge in [-0.1, -0.05) is 18.2 Å². The Labute approximate surface area is 136 Å². The van der Waals surface area contributed by atoms with E-state index in [2.05, 4.69) is 0 Å². The lowest BCUT2D eigenvalue weighted by atomic mass is 10.0. The molecule has 0 aliphatic rings. The molecule has 0 aliphatic heterocycles. The summed E-state index contributed by atoms with van der Waals surface area (Å²) in [4.78, 5) is 24.8. The van der Waals surface area contributed by atoms with Crippen molar-refractivity contribution in [2.45, 2.75) is 12.8 Å². The molecule has 5 nitrogen and oxygen atoms in total. The smallest absolute Gasteiger partial charge is 0.305 e. The normalized spacial score (nSPS) is 11.1. The van der Waals surface area contributed by atoms with Crippen LogP contribution in [0, 0.1) is 0 Å². The van der Waals surface area contributed by atoms with Gasteiger partial charge in [0.05, 0.1) is 7.11 Å². The largest absolute Gasteiger partial charge is 0.469 e. The molecule has 5 heteroatoms. The molecule has 0 radical (unpaired) electrons. The molecule has 0 fully saturated rings. The molecular formula is C18H22N2O3. The second-order valence-corrected chi connectivity index (χ2v) is 5.58. The lowest BCUT2D eigenvalue weighted by Gasteiger charge is -2.07. The minimum atomic E-state index is -0.239. The van der Waals surface area contributed by atoms with Crippen LogP contribution < -0.4 is 0 Å². The number of aromatic nitrogens is 1. The van der Waals surface area contributed by atoms with E-state index in [1.54, 1.807) is 20.2 Å². The van der Waals surface area contributed by atoms with Crippen LogP contribution in [0.2, 0.25) is 0 Å². The van der Waals surface area contributed by atoms with Gasteiger partial charge in [0, 0.05) is 50.2 Å². The molecule has 0 spiro atoms. The summed E-state index contributed by atoms with van der Waals surface area (Å²) in [5.41, 5.74) is 3.06. The van der Waals surface area contributed by atoms with Crippen LogP contribution in [0.4, 0.5) is 0 Å². The Morgan fingerprint density at radius 2 is 1.96 bits per heavy atom. The van der Waals surface area contributed by atoms with Crippen LogP contribution in [-0.2, 0) is 27.8 Å². The van der Waals surface area contributed by atoms with Crippen LogP contribution in [0.3, 0.4) is 0 Å². The lowest BCUT2D eigenvalue weighted by molar-refractivity contribution is -0.140. The van der Waals surface area contributed by atoms with Crippen molar-refractivity contribution < 1.29 is 14.3 Å². The van der Waals surface area contributed by atoms with Crippen LogP contribution in [0.15, 0.2) is 30.3 Å². The van der Waals surface area contributed by atoms with Crippen LogP contribution in [0.1, 0.15) is 17.7 Å². The average molecular weight is 314 g/mol. The molecule has 0 unspecified atom stereocenters. The molecule has 23 heavy (non-hydrogen) atoms. The summed E-state index contributed by atoms with van der Waals surface area (Å²) in [5.74, 6) is -0.314. The standard InChI is InChI=1S/C18H22N2O3/c1-19(2)17(21)11-10-16-14(9-12-18(22)23-4)13-7-5-6-8-15(13)20(16)3/h5-8,10-11H,9,12H2,1-4H3/b11-10+. The monoisotopic (exact) mass is 314 g/mol. The quantitative estimate of drug-likeness (QED) is 0.629. The number of hydrogen-bond acceptors (Lipinski definition) is 3. The van der Waals surface area contributed by atoms with Gasteiger partial charge in [0.15, 0.2) is 0 Å². The molecule has 0 aliphatic carbocycles. The van der Waals surface area contributed by atoms with E-state index in [1.807, 2.05) is 42.0 Å². The highest BCUT2D eigenvalue weighted by atomic mass is 16.5. The van der Waals surface area contributed by atoms with E-state index < -0.39 is 0 Å². The summed E-state index contributed by atoms with van der Waals surface area (Å²) in [7, 11) is 6.78. The Kier molecular flexibility index (Phi) is 5.21. The number of likely N-dealkylation sites (N-methyl/N-ethyl adjacent to an activating group) is 1. The van der Waals surface area contributed by atoms with Crippen molar-refractivity contribution in [1.82, 2.24) is 9.47 Å². The number of para-hydroxylation sites is 1. The van der Waals surface area contributed by atoms with Gasteiger partial charge in [0.1, 0.15) is 0 Å². The van der Waals surface area contributed by atoms with Gasteiger partial charge >= 0.3 is 5.97 Å². The number of fused-ring (bicyclic) bond motifs is 1. The van der Waals surface area contributed by atoms with Crippen molar-refractivity contribution in [2.75, 3.05) is 21.2 Å². The van der Waals surface area contributed by atoms with E-state index in [0.717, 1.165) is 22.2 Å². The number of hydrogen-bond donors (Lipinski definition) is 0. The average Bonchev–Trinajstić information content (AvgIpc) is 2.82. The molecule has 122 valence electrons. The predicted octanol–water partition coefficient (Wildman–Crippen LogP) is 2.39. The molecule has 0 N–H and O–H groups in total. The highest BCUT2D eigenvalue weighted by Crippen LogP contribution is 2.27. The number of aryl methyl sites for hydroxylation is 2. The highest BCUT2D eigenvalue weighted by molar-refractivity contribution is 5.94. The molecule has 1 aromatic heterocycles. The van der Waals surface area contributed by atoms with E-state index in [1.165, 1.54) is 12.0 Å². The molecule has 2 rings (SSSR count). The molecular weight excluding hydrogens is 292 g/mol. The van der Waals surface area contributed by atoms with Gasteiger partial charge < -0.3 is 14.2 Å². The van der Waals surface area contributed by atoms with Crippen molar-refractivity contribution in [3.05, 3.63) is 41.6 Å². The van der Waals surface area contributed by atoms with Gasteiger partial charge in [-0.05, 0) is 24.1 Å². The molecule has 1 amide bonds. The SMILES string of the molecule is COC(=O)CCc1c(/C=C/C(=O)N(C)C)n(C)c2ccccc12. The van der Waals surface area contributed by atoms with Crippen LogP contribution >= 0.6 is 0 Å². The zero-order valence-electron chi connectivity index (χ0n) is 14.0. The van der Waals surface area contributed by atoms with Crippen LogP contribution in [-0.4, -0.2) is 42.5 Å². The summed E-state index contributed by atoms with van der Waals surface area (Å²) in [6, 6.07) is 8.02. The topological polar surface area (TPSA) is 51.5 Å². The first-order valence-electron chi connectivity index (χ1n) is 7.48. The van der Waals surface area contributed by atoms with Gasteiger partial charge in [0.2, 0.25) is 5.91 Å². The number of rotatable bonds is 5. The van der Waals surface area contributed by atoms with Crippen LogP contribution in [0.5, 0.6) is 0 Å². The highest BCUT2D eigenvalue weighted by Gasteiger charge is 2.14. The number of nitrogens with zero attached hydrogens (tertiary/aromatic N) is 2. The molecule has 0 bridgehead atoms. The summed E-state index contributed by atoms with van der Waals surface area (Å²) < 4.78 is 6.78. The van der Waals surface area contributed by atoms with Crippen molar-refractivity contribution in [1.29, 1.82) is 0 Å². The van der Waals surface area contributed by atoms with E-state index >= 15 is 0 Å². The first kappa shape index (κ1) is 16.8. The van der Waals surface area contributed by atoms with Gasteiger partial charge in [-0.15, -0.1) is 0 Å². The van der Waals surface area contributed by atoms with Gasteiger partial charge in [-0.3, -0.25) is 9.59 Å². The van der Waals surface area contributed by atoms with Crippen molar-refractivity contribution >= 4 is 28.9 Å². The minimum absolute atomic E-state index is 0.0748. The molecule has 1 aromatic carbocycles. The molecule has 2 aromatic rings. The molecule has 0 atom stereocenters. The fourth-order valence-corrected chi connectivity index (χ4v) is 2.60. The number of carbonyl (C=O) groups excluding carboxylic acids is 2. The first-order valence-corrected chi connectivity index (χ1v) is 7.48. The van der Waals surface area contributed by atoms with E-state index in [9.17, 15) is 9.59 Å². The third-order valence-electron chi connectivity index (χ3n) is 3.89. The Morgan fingerprint density at radius 1 is 1.26 bits per heavy atom. The fraction of sp³-hybridized carbons (Fsp3) is 0.333. The Morgan fingerprint density at radius 3 is 2.61 bits per heavy atom. The predicted molar refractivity (Wildman–Crippen MR) is 91.0 cm³/mol. The number of benzene rings is 1. The van der Waals surface area contributed by atoms with Gasteiger partial charge in [-0.25, -0.2) is 0 Å². The molecule has 0 saturated carbocycles.